The average molecular weight is 495 g/mol. The van der Waals surface area contributed by atoms with Crippen molar-refractivity contribution in [3.63, 3.8) is 0 Å². The molecule has 0 radical (unpaired) electrons. The summed E-state index contributed by atoms with van der Waals surface area (Å²) < 4.78 is 34.7. The molecule has 1 aliphatic heterocycles. The number of carbonyl (C=O) groups excluding carboxylic acids is 1. The van der Waals surface area contributed by atoms with Crippen molar-refractivity contribution in [2.45, 2.75) is 36.5 Å². The molecule has 4 rings (SSSR count). The molecule has 8 nitrogen and oxygen atoms in total. The quantitative estimate of drug-likeness (QED) is 0.484. The van der Waals surface area contributed by atoms with Crippen LogP contribution in [0.1, 0.15) is 24.8 Å². The number of carbonyl (C=O) groups is 1. The highest BCUT2D eigenvalue weighted by molar-refractivity contribution is 7.99. The van der Waals surface area contributed by atoms with Gasteiger partial charge in [-0.2, -0.15) is 4.31 Å². The Morgan fingerprint density at radius 2 is 2.09 bits per heavy atom. The van der Waals surface area contributed by atoms with Gasteiger partial charge in [0.05, 0.1) is 40.9 Å². The van der Waals surface area contributed by atoms with Gasteiger partial charge in [-0.3, -0.25) is 4.79 Å². The van der Waals surface area contributed by atoms with Crippen LogP contribution in [-0.2, 0) is 26.1 Å². The summed E-state index contributed by atoms with van der Waals surface area (Å²) >= 11 is 2.97. The number of nitrogens with zero attached hydrogens (tertiary/aromatic N) is 3. The summed E-state index contributed by atoms with van der Waals surface area (Å²) in [6, 6.07) is 8.97. The smallest absolute Gasteiger partial charge is 0.243 e. The molecule has 1 aliphatic rings. The highest BCUT2D eigenvalue weighted by Crippen LogP contribution is 2.28. The topological polar surface area (TPSA) is 93.5 Å². The Morgan fingerprint density at radius 1 is 1.31 bits per heavy atom. The van der Waals surface area contributed by atoms with Gasteiger partial charge < -0.3 is 14.6 Å². The first-order valence-corrected chi connectivity index (χ1v) is 13.7. The molecule has 1 atom stereocenters. The molecule has 1 N–H and O–H groups in total. The number of aromatic nitrogens is 2. The first-order valence-electron chi connectivity index (χ1n) is 10.4. The molecule has 11 heteroatoms. The number of nitrogens with one attached hydrogen (secondary N) is 1. The SMILES string of the molecule is CCn1c(SCC(=O)N[C@H](C)c2cccs2)nc2cc(S(=O)(=O)N3CCOCC3)ccc21. The standard InChI is InChI=1S/C21H26N4O4S3/c1-3-25-18-7-6-16(32(27,28)24-8-10-29-11-9-24)13-17(18)23-21(25)31-14-20(26)22-15(2)19-5-4-12-30-19/h4-7,12-13,15H,3,8-11,14H2,1-2H3,(H,22,26)/t15-/m1/s1. The fourth-order valence-electron chi connectivity index (χ4n) is 3.62. The van der Waals surface area contributed by atoms with Crippen LogP contribution in [0.3, 0.4) is 0 Å². The molecule has 1 saturated heterocycles. The molecular weight excluding hydrogens is 468 g/mol. The van der Waals surface area contributed by atoms with Crippen LogP contribution in [0.15, 0.2) is 45.8 Å². The fraction of sp³-hybridized carbons (Fsp3) is 0.429. The van der Waals surface area contributed by atoms with Crippen LogP contribution in [-0.4, -0.2) is 60.2 Å². The molecule has 0 bridgehead atoms. The second-order valence-electron chi connectivity index (χ2n) is 7.40. The predicted molar refractivity (Wildman–Crippen MR) is 127 cm³/mol. The first kappa shape index (κ1) is 23.2. The Morgan fingerprint density at radius 3 is 2.78 bits per heavy atom. The van der Waals surface area contributed by atoms with Gasteiger partial charge in [0.25, 0.3) is 0 Å². The number of imidazole rings is 1. The molecule has 32 heavy (non-hydrogen) atoms. The number of benzene rings is 1. The third-order valence-electron chi connectivity index (χ3n) is 5.29. The molecule has 1 fully saturated rings. The molecular formula is C21H26N4O4S3. The first-order chi connectivity index (χ1) is 15.4. The molecule has 1 aromatic carbocycles. The van der Waals surface area contributed by atoms with Gasteiger partial charge in [-0.1, -0.05) is 17.8 Å². The summed E-state index contributed by atoms with van der Waals surface area (Å²) in [6.07, 6.45) is 0. The van der Waals surface area contributed by atoms with Gasteiger partial charge >= 0.3 is 0 Å². The van der Waals surface area contributed by atoms with Crippen LogP contribution in [0.25, 0.3) is 11.0 Å². The van der Waals surface area contributed by atoms with Crippen LogP contribution < -0.4 is 5.32 Å². The lowest BCUT2D eigenvalue weighted by atomic mass is 10.3. The van der Waals surface area contributed by atoms with E-state index >= 15 is 0 Å². The lowest BCUT2D eigenvalue weighted by molar-refractivity contribution is -0.119. The average Bonchev–Trinajstić information content (AvgIpc) is 3.45. The van der Waals surface area contributed by atoms with E-state index in [-0.39, 0.29) is 22.6 Å². The number of aryl methyl sites for hydroxylation is 1. The number of thiophene rings is 1. The maximum atomic E-state index is 13.0. The molecule has 0 spiro atoms. The van der Waals surface area contributed by atoms with Gasteiger partial charge in [0.2, 0.25) is 15.9 Å². The predicted octanol–water partition coefficient (Wildman–Crippen LogP) is 3.11. The zero-order valence-corrected chi connectivity index (χ0v) is 20.4. The molecule has 0 saturated carbocycles. The van der Waals surface area contributed by atoms with Crippen LogP contribution in [0, 0.1) is 0 Å². The maximum Gasteiger partial charge on any atom is 0.243 e. The van der Waals surface area contributed by atoms with E-state index in [1.54, 1.807) is 29.5 Å². The number of hydrogen-bond acceptors (Lipinski definition) is 7. The Bertz CT molecular complexity index is 1190. The van der Waals surface area contributed by atoms with Crippen molar-refractivity contribution < 1.29 is 17.9 Å². The van der Waals surface area contributed by atoms with Crippen LogP contribution in [0.4, 0.5) is 0 Å². The van der Waals surface area contributed by atoms with Crippen molar-refractivity contribution >= 4 is 50.1 Å². The lowest BCUT2D eigenvalue weighted by Crippen LogP contribution is -2.40. The summed E-state index contributed by atoms with van der Waals surface area (Å²) in [5.41, 5.74) is 1.46. The van der Waals surface area contributed by atoms with Crippen molar-refractivity contribution in [2.24, 2.45) is 0 Å². The molecule has 0 aliphatic carbocycles. The Hall–Kier alpha value is -1.92. The van der Waals surface area contributed by atoms with Crippen molar-refractivity contribution in [2.75, 3.05) is 32.1 Å². The summed E-state index contributed by atoms with van der Waals surface area (Å²) in [5, 5.41) is 5.69. The number of sulfonamides is 1. The van der Waals surface area contributed by atoms with E-state index in [1.165, 1.54) is 16.1 Å². The second-order valence-corrected chi connectivity index (χ2v) is 11.3. The third-order valence-corrected chi connectivity index (χ3v) is 9.21. The van der Waals surface area contributed by atoms with E-state index in [2.05, 4.69) is 10.3 Å². The van der Waals surface area contributed by atoms with Crippen LogP contribution in [0.5, 0.6) is 0 Å². The second kappa shape index (κ2) is 9.92. The highest BCUT2D eigenvalue weighted by Gasteiger charge is 2.27. The van der Waals surface area contributed by atoms with Gasteiger partial charge in [-0.05, 0) is 43.5 Å². The minimum atomic E-state index is -3.59. The number of hydrogen-bond donors (Lipinski definition) is 1. The van der Waals surface area contributed by atoms with Gasteiger partial charge in [0.1, 0.15) is 0 Å². The summed E-state index contributed by atoms with van der Waals surface area (Å²) in [5.74, 6) is 0.166. The molecule has 1 amide bonds. The molecule has 3 aromatic rings. The minimum absolute atomic E-state index is 0.0407. The van der Waals surface area contributed by atoms with Crippen molar-refractivity contribution in [3.05, 3.63) is 40.6 Å². The van der Waals surface area contributed by atoms with Crippen LogP contribution >= 0.6 is 23.1 Å². The molecule has 172 valence electrons. The molecule has 0 unspecified atom stereocenters. The summed E-state index contributed by atoms with van der Waals surface area (Å²) in [6.45, 7) is 6.14. The zero-order valence-electron chi connectivity index (χ0n) is 18.0. The Kier molecular flexibility index (Phi) is 7.21. The van der Waals surface area contributed by atoms with Gasteiger partial charge in [-0.25, -0.2) is 13.4 Å². The zero-order chi connectivity index (χ0) is 22.7. The molecule has 3 heterocycles. The third kappa shape index (κ3) is 4.86. The summed E-state index contributed by atoms with van der Waals surface area (Å²) in [7, 11) is -3.59. The summed E-state index contributed by atoms with van der Waals surface area (Å²) in [4.78, 5) is 18.4. The number of rotatable bonds is 8. The van der Waals surface area contributed by atoms with Gasteiger partial charge in [0, 0.05) is 24.5 Å². The van der Waals surface area contributed by atoms with E-state index in [9.17, 15) is 13.2 Å². The minimum Gasteiger partial charge on any atom is -0.379 e. The number of thioether (sulfide) groups is 1. The van der Waals surface area contributed by atoms with E-state index < -0.39 is 10.0 Å². The van der Waals surface area contributed by atoms with E-state index in [0.29, 0.717) is 43.5 Å². The van der Waals surface area contributed by atoms with Gasteiger partial charge in [-0.15, -0.1) is 11.3 Å². The van der Waals surface area contributed by atoms with E-state index in [0.717, 1.165) is 10.4 Å². The number of fused-ring (bicyclic) bond motifs is 1. The lowest BCUT2D eigenvalue weighted by Gasteiger charge is -2.26. The normalized spacial score (nSPS) is 16.3. The van der Waals surface area contributed by atoms with Gasteiger partial charge in [0.15, 0.2) is 5.16 Å². The number of amides is 1. The highest BCUT2D eigenvalue weighted by atomic mass is 32.2. The fourth-order valence-corrected chi connectivity index (χ4v) is 6.67. The van der Waals surface area contributed by atoms with Crippen molar-refractivity contribution in [3.8, 4) is 0 Å². The van der Waals surface area contributed by atoms with Crippen molar-refractivity contribution in [1.29, 1.82) is 0 Å². The number of morpholine rings is 1. The van der Waals surface area contributed by atoms with Crippen LogP contribution in [0.2, 0.25) is 0 Å². The molecule has 2 aromatic heterocycles. The largest absolute Gasteiger partial charge is 0.379 e. The van der Waals surface area contributed by atoms with E-state index in [4.69, 9.17) is 4.74 Å². The van der Waals surface area contributed by atoms with Crippen molar-refractivity contribution in [1.82, 2.24) is 19.2 Å². The monoisotopic (exact) mass is 494 g/mol. The maximum absolute atomic E-state index is 13.0. The Balaban J connectivity index is 1.50. The van der Waals surface area contributed by atoms with E-state index in [1.807, 2.05) is 35.9 Å². The number of ether oxygens (including phenoxy) is 1. The Labute approximate surface area is 196 Å².